The van der Waals surface area contributed by atoms with Gasteiger partial charge in [0.2, 0.25) is 0 Å². The highest BCUT2D eigenvalue weighted by molar-refractivity contribution is 7.47. The Balaban J connectivity index is 5.38. The van der Waals surface area contributed by atoms with E-state index >= 15 is 0 Å². The summed E-state index contributed by atoms with van der Waals surface area (Å²) in [4.78, 5) is 72.9. The van der Waals surface area contributed by atoms with Crippen LogP contribution in [0.5, 0.6) is 0 Å². The van der Waals surface area contributed by atoms with Crippen LogP contribution in [-0.2, 0) is 65.4 Å². The first kappa shape index (κ1) is 94.2. The molecule has 0 aromatic rings. The summed E-state index contributed by atoms with van der Waals surface area (Å²) in [6.07, 6.45) is 72.7. The van der Waals surface area contributed by atoms with Gasteiger partial charge in [0.25, 0.3) is 0 Å². The van der Waals surface area contributed by atoms with Gasteiger partial charge in [-0.25, -0.2) is 9.13 Å². The molecule has 5 atom stereocenters. The lowest BCUT2D eigenvalue weighted by atomic mass is 10.1. The highest BCUT2D eigenvalue weighted by atomic mass is 31.2. The van der Waals surface area contributed by atoms with E-state index in [9.17, 15) is 43.2 Å². The van der Waals surface area contributed by atoms with E-state index in [1.54, 1.807) is 0 Å². The molecular weight excluding hydrogens is 1280 g/mol. The van der Waals surface area contributed by atoms with Gasteiger partial charge in [-0.2, -0.15) is 0 Å². The zero-order chi connectivity index (χ0) is 71.8. The Morgan fingerprint density at radius 3 is 0.765 bits per heavy atom. The molecule has 98 heavy (non-hydrogen) atoms. The molecule has 17 nitrogen and oxygen atoms in total. The largest absolute Gasteiger partial charge is 0.472 e. The number of aliphatic hydroxyl groups is 1. The third-order valence-electron chi connectivity index (χ3n) is 16.4. The minimum Gasteiger partial charge on any atom is -0.462 e. The Morgan fingerprint density at radius 2 is 0.500 bits per heavy atom. The second kappa shape index (κ2) is 71.6. The van der Waals surface area contributed by atoms with Crippen LogP contribution in [-0.4, -0.2) is 96.7 Å². The molecule has 568 valence electrons. The van der Waals surface area contributed by atoms with E-state index in [0.29, 0.717) is 25.7 Å². The molecule has 0 rings (SSSR count). The molecule has 2 unspecified atom stereocenters. The lowest BCUT2D eigenvalue weighted by Crippen LogP contribution is -2.30. The molecular formula is C79H140O17P2. The highest BCUT2D eigenvalue weighted by Crippen LogP contribution is 2.45. The van der Waals surface area contributed by atoms with Gasteiger partial charge in [-0.1, -0.05) is 267 Å². The van der Waals surface area contributed by atoms with Gasteiger partial charge in [0.1, 0.15) is 19.3 Å². The Hall–Kier alpha value is -3.76. The lowest BCUT2D eigenvalue weighted by Gasteiger charge is -2.21. The van der Waals surface area contributed by atoms with Gasteiger partial charge in [0.05, 0.1) is 26.4 Å². The number of ether oxygens (including phenoxy) is 4. The fourth-order valence-electron chi connectivity index (χ4n) is 10.4. The first-order chi connectivity index (χ1) is 47.7. The van der Waals surface area contributed by atoms with Crippen LogP contribution >= 0.6 is 15.6 Å². The Kier molecular flexibility index (Phi) is 68.9. The summed E-state index contributed by atoms with van der Waals surface area (Å²) in [5.74, 6) is -2.22. The molecule has 0 aromatic heterocycles. The molecule has 0 bridgehead atoms. The number of allylic oxidation sites excluding steroid dienone is 14. The van der Waals surface area contributed by atoms with E-state index in [1.165, 1.54) is 103 Å². The van der Waals surface area contributed by atoms with Gasteiger partial charge in [0, 0.05) is 25.7 Å². The number of carbonyl (C=O) groups excluding carboxylic acids is 4. The van der Waals surface area contributed by atoms with E-state index in [2.05, 4.69) is 113 Å². The van der Waals surface area contributed by atoms with Crippen molar-refractivity contribution in [2.24, 2.45) is 0 Å². The predicted molar refractivity (Wildman–Crippen MR) is 399 cm³/mol. The number of phosphoric ester groups is 2. The van der Waals surface area contributed by atoms with Gasteiger partial charge in [0.15, 0.2) is 12.2 Å². The van der Waals surface area contributed by atoms with Crippen molar-refractivity contribution < 1.29 is 80.2 Å². The number of phosphoric acid groups is 2. The molecule has 0 amide bonds. The van der Waals surface area contributed by atoms with Crippen molar-refractivity contribution in [3.05, 3.63) is 85.1 Å². The fraction of sp³-hybridized carbons (Fsp3) is 0.772. The lowest BCUT2D eigenvalue weighted by molar-refractivity contribution is -0.161. The SMILES string of the molecule is CCCCCC/C=C\C=C/CCCCCCCC(=O)OC[C@H](COP(=O)(O)OC[C@@H](O)COP(=O)(O)OC[C@@H](COC(=O)CCCCCCC/C=C\C=C/CCCCCC)OC(=O)CCCCCCC/C=C\CCCCCC)OC(=O)CCCCCCC/C=C\C=C/CCCCCC. The number of carbonyl (C=O) groups is 4. The van der Waals surface area contributed by atoms with Crippen LogP contribution in [0.2, 0.25) is 0 Å². The van der Waals surface area contributed by atoms with Crippen molar-refractivity contribution in [2.45, 2.75) is 354 Å². The third kappa shape index (κ3) is 70.7. The van der Waals surface area contributed by atoms with E-state index in [1.807, 2.05) is 0 Å². The number of rotatable bonds is 73. The summed E-state index contributed by atoms with van der Waals surface area (Å²) >= 11 is 0. The molecule has 0 fully saturated rings. The number of hydrogen-bond donors (Lipinski definition) is 3. The van der Waals surface area contributed by atoms with Crippen LogP contribution in [0.3, 0.4) is 0 Å². The number of unbranched alkanes of at least 4 members (excludes halogenated alkanes) is 36. The number of esters is 4. The van der Waals surface area contributed by atoms with Crippen molar-refractivity contribution in [1.29, 1.82) is 0 Å². The molecule has 19 heteroatoms. The highest BCUT2D eigenvalue weighted by Gasteiger charge is 2.30. The van der Waals surface area contributed by atoms with Crippen LogP contribution in [0.1, 0.15) is 336 Å². The zero-order valence-corrected chi connectivity index (χ0v) is 63.7. The van der Waals surface area contributed by atoms with Gasteiger partial charge in [-0.05, 0) is 128 Å². The van der Waals surface area contributed by atoms with Gasteiger partial charge in [-0.3, -0.25) is 37.3 Å². The molecule has 0 heterocycles. The van der Waals surface area contributed by atoms with E-state index < -0.39 is 97.5 Å². The molecule has 0 aliphatic heterocycles. The van der Waals surface area contributed by atoms with E-state index in [0.717, 1.165) is 154 Å². The van der Waals surface area contributed by atoms with Crippen LogP contribution in [0, 0.1) is 0 Å². The molecule has 0 saturated carbocycles. The molecule has 0 radical (unpaired) electrons. The minimum absolute atomic E-state index is 0.0748. The van der Waals surface area contributed by atoms with Crippen LogP contribution in [0.15, 0.2) is 85.1 Å². The van der Waals surface area contributed by atoms with Crippen LogP contribution < -0.4 is 0 Å². The first-order valence-electron chi connectivity index (χ1n) is 38.9. The summed E-state index contributed by atoms with van der Waals surface area (Å²) in [7, 11) is -9.96. The van der Waals surface area contributed by atoms with Crippen molar-refractivity contribution in [3.63, 3.8) is 0 Å². The number of hydrogen-bond acceptors (Lipinski definition) is 15. The first-order valence-corrected chi connectivity index (χ1v) is 41.9. The topological polar surface area (TPSA) is 237 Å². The van der Waals surface area contributed by atoms with Crippen molar-refractivity contribution >= 4 is 39.5 Å². The maximum Gasteiger partial charge on any atom is 0.472 e. The molecule has 0 saturated heterocycles. The summed E-state index contributed by atoms with van der Waals surface area (Å²) < 4.78 is 68.5. The molecule has 0 aliphatic carbocycles. The molecule has 3 N–H and O–H groups in total. The average molecular weight is 1420 g/mol. The molecule has 0 spiro atoms. The Bertz CT molecular complexity index is 2190. The maximum absolute atomic E-state index is 13.1. The molecule has 0 aromatic carbocycles. The molecule has 0 aliphatic rings. The average Bonchev–Trinajstić information content (AvgIpc) is 1.04. The monoisotopic (exact) mass is 1420 g/mol. The second-order valence-electron chi connectivity index (χ2n) is 26.0. The van der Waals surface area contributed by atoms with Crippen LogP contribution in [0.25, 0.3) is 0 Å². The predicted octanol–water partition coefficient (Wildman–Crippen LogP) is 22.2. The summed E-state index contributed by atoms with van der Waals surface area (Å²) in [5.41, 5.74) is 0. The normalized spacial score (nSPS) is 14.4. The summed E-state index contributed by atoms with van der Waals surface area (Å²) in [6, 6.07) is 0. The van der Waals surface area contributed by atoms with E-state index in [-0.39, 0.29) is 25.7 Å². The van der Waals surface area contributed by atoms with E-state index in [4.69, 9.17) is 37.0 Å². The fourth-order valence-corrected chi connectivity index (χ4v) is 11.9. The maximum atomic E-state index is 13.1. The van der Waals surface area contributed by atoms with Crippen molar-refractivity contribution in [3.8, 4) is 0 Å². The van der Waals surface area contributed by atoms with Gasteiger partial charge < -0.3 is 33.8 Å². The zero-order valence-electron chi connectivity index (χ0n) is 62.0. The Morgan fingerprint density at radius 1 is 0.286 bits per heavy atom. The quantitative estimate of drug-likeness (QED) is 0.0128. The Labute approximate surface area is 595 Å². The second-order valence-corrected chi connectivity index (χ2v) is 28.9. The summed E-state index contributed by atoms with van der Waals surface area (Å²) in [5, 5.41) is 10.6. The van der Waals surface area contributed by atoms with Gasteiger partial charge >= 0.3 is 39.5 Å². The minimum atomic E-state index is -4.98. The van der Waals surface area contributed by atoms with Gasteiger partial charge in [-0.15, -0.1) is 0 Å². The standard InChI is InChI=1S/C79H140O17P2/c1-5-9-13-17-21-25-29-33-36-40-43-47-51-55-59-63-76(81)89-69-74(95-78(83)65-61-57-53-49-45-39-32-28-24-20-16-12-8-4)71-93-97(85,86)91-67-73(80)68-92-98(87,88)94-72-75(96-79(84)66-62-58-54-50-46-42-38-35-31-27-23-19-15-11-7-3)70-90-77(82)64-60-56-52-48-44-41-37-34-30-26-22-18-14-10-6-2/h25-38,73-75,80H,5-24,39-72H2,1-4H3,(H,85,86)(H,87,88)/b29-25-,30-26-,31-27-,32-28-,36-33-,37-34-,38-35-/t73-,74+,75+/m0/s1. The number of aliphatic hydroxyl groups excluding tert-OH is 1. The van der Waals surface area contributed by atoms with Crippen LogP contribution in [0.4, 0.5) is 0 Å². The summed E-state index contributed by atoms with van der Waals surface area (Å²) in [6.45, 7) is 4.77. The smallest absolute Gasteiger partial charge is 0.462 e. The van der Waals surface area contributed by atoms with Crippen molar-refractivity contribution in [2.75, 3.05) is 39.6 Å². The third-order valence-corrected chi connectivity index (χ3v) is 18.3. The van der Waals surface area contributed by atoms with Crippen molar-refractivity contribution in [1.82, 2.24) is 0 Å².